The first-order valence-corrected chi connectivity index (χ1v) is 16.5. The molecule has 4 heteroatoms. The Morgan fingerprint density at radius 1 is 0.306 bits per heavy atom. The molecule has 10 aromatic rings. The van der Waals surface area contributed by atoms with Crippen LogP contribution in [0.25, 0.3) is 94.0 Å². The summed E-state index contributed by atoms with van der Waals surface area (Å²) in [6, 6.07) is 59.9. The van der Waals surface area contributed by atoms with E-state index in [0.29, 0.717) is 17.5 Å². The topological polar surface area (TPSA) is 43.6 Å². The Balaban J connectivity index is 1.16. The Labute approximate surface area is 282 Å². The summed E-state index contributed by atoms with van der Waals surface area (Å²) >= 11 is 0. The van der Waals surface area contributed by atoms with Crippen molar-refractivity contribution in [1.29, 1.82) is 0 Å². The van der Waals surface area contributed by atoms with E-state index in [1.54, 1.807) is 0 Å². The smallest absolute Gasteiger partial charge is 0.164 e. The molecule has 0 N–H and O–H groups in total. The van der Waals surface area contributed by atoms with Crippen molar-refractivity contribution in [3.63, 3.8) is 0 Å². The van der Waals surface area contributed by atoms with Crippen molar-refractivity contribution in [2.24, 2.45) is 0 Å². The molecular formula is C45H28N4. The molecule has 8 aromatic carbocycles. The second-order valence-corrected chi connectivity index (χ2v) is 12.5. The minimum Gasteiger partial charge on any atom is -0.309 e. The highest BCUT2D eigenvalue weighted by molar-refractivity contribution is 6.14. The van der Waals surface area contributed by atoms with Gasteiger partial charge in [0, 0.05) is 32.8 Å². The summed E-state index contributed by atoms with van der Waals surface area (Å²) < 4.78 is 2.41. The van der Waals surface area contributed by atoms with Gasteiger partial charge in [-0.3, -0.25) is 0 Å². The van der Waals surface area contributed by atoms with Crippen LogP contribution >= 0.6 is 0 Å². The first kappa shape index (κ1) is 27.5. The lowest BCUT2D eigenvalue weighted by Crippen LogP contribution is -2.00. The van der Waals surface area contributed by atoms with Crippen LogP contribution in [-0.2, 0) is 0 Å². The predicted octanol–water partition coefficient (Wildman–Crippen LogP) is 11.4. The zero-order valence-electron chi connectivity index (χ0n) is 26.5. The third-order valence-corrected chi connectivity index (χ3v) is 9.57. The maximum Gasteiger partial charge on any atom is 0.164 e. The van der Waals surface area contributed by atoms with Crippen molar-refractivity contribution in [3.05, 3.63) is 170 Å². The van der Waals surface area contributed by atoms with Gasteiger partial charge in [-0.25, -0.2) is 15.0 Å². The van der Waals surface area contributed by atoms with Gasteiger partial charge in [0.1, 0.15) is 0 Å². The van der Waals surface area contributed by atoms with E-state index in [1.807, 2.05) is 30.3 Å². The molecule has 0 amide bonds. The van der Waals surface area contributed by atoms with Gasteiger partial charge in [-0.1, -0.05) is 133 Å². The van der Waals surface area contributed by atoms with Crippen molar-refractivity contribution >= 4 is 54.1 Å². The van der Waals surface area contributed by atoms with Gasteiger partial charge < -0.3 is 4.57 Å². The SMILES string of the molecule is c1ccc(-c2nc(-c3ccc4ccccc4c3)nc(-c3ccc4c(-n5c6ccccc6c6cc7ccccc7cc65)cccc4c3)n2)cc1. The summed E-state index contributed by atoms with van der Waals surface area (Å²) in [6.45, 7) is 0. The molecule has 0 aliphatic rings. The van der Waals surface area contributed by atoms with Crippen LogP contribution in [0.3, 0.4) is 0 Å². The highest BCUT2D eigenvalue weighted by Crippen LogP contribution is 2.37. The fraction of sp³-hybridized carbons (Fsp3) is 0. The Morgan fingerprint density at radius 2 is 0.878 bits per heavy atom. The molecule has 0 spiro atoms. The Hall–Kier alpha value is -6.65. The average molecular weight is 625 g/mol. The van der Waals surface area contributed by atoms with Crippen molar-refractivity contribution < 1.29 is 0 Å². The number of rotatable bonds is 4. The Bertz CT molecular complexity index is 2890. The molecule has 4 nitrogen and oxygen atoms in total. The highest BCUT2D eigenvalue weighted by atomic mass is 15.0. The van der Waals surface area contributed by atoms with Gasteiger partial charge in [0.15, 0.2) is 17.5 Å². The van der Waals surface area contributed by atoms with E-state index < -0.39 is 0 Å². The molecule has 0 saturated heterocycles. The zero-order chi connectivity index (χ0) is 32.3. The summed E-state index contributed by atoms with van der Waals surface area (Å²) in [5.41, 5.74) is 6.38. The fourth-order valence-electron chi connectivity index (χ4n) is 7.19. The van der Waals surface area contributed by atoms with Crippen LogP contribution in [-0.4, -0.2) is 19.5 Å². The van der Waals surface area contributed by atoms with Crippen molar-refractivity contribution in [2.75, 3.05) is 0 Å². The molecule has 0 bridgehead atoms. The van der Waals surface area contributed by atoms with Gasteiger partial charge in [-0.15, -0.1) is 0 Å². The highest BCUT2D eigenvalue weighted by Gasteiger charge is 2.17. The number of aromatic nitrogens is 4. The summed E-state index contributed by atoms with van der Waals surface area (Å²) in [5, 5.41) is 9.60. The van der Waals surface area contributed by atoms with Gasteiger partial charge in [-0.2, -0.15) is 0 Å². The molecule has 0 radical (unpaired) electrons. The van der Waals surface area contributed by atoms with Crippen molar-refractivity contribution in [2.45, 2.75) is 0 Å². The fourth-order valence-corrected chi connectivity index (χ4v) is 7.19. The summed E-state index contributed by atoms with van der Waals surface area (Å²) in [5.74, 6) is 1.95. The zero-order valence-corrected chi connectivity index (χ0v) is 26.5. The molecule has 0 aliphatic heterocycles. The molecule has 0 fully saturated rings. The lowest BCUT2D eigenvalue weighted by Gasteiger charge is -2.13. The molecule has 49 heavy (non-hydrogen) atoms. The average Bonchev–Trinajstić information content (AvgIpc) is 3.49. The van der Waals surface area contributed by atoms with E-state index in [-0.39, 0.29) is 0 Å². The number of nitrogens with zero attached hydrogens (tertiary/aromatic N) is 4. The second-order valence-electron chi connectivity index (χ2n) is 12.5. The lowest BCUT2D eigenvalue weighted by atomic mass is 10.0. The van der Waals surface area contributed by atoms with Crippen LogP contribution in [0.5, 0.6) is 0 Å². The van der Waals surface area contributed by atoms with Gasteiger partial charge in [0.05, 0.1) is 16.7 Å². The first-order valence-electron chi connectivity index (χ1n) is 16.5. The van der Waals surface area contributed by atoms with Crippen LogP contribution in [0.2, 0.25) is 0 Å². The largest absolute Gasteiger partial charge is 0.309 e. The number of fused-ring (bicyclic) bond motifs is 6. The second kappa shape index (κ2) is 11.0. The Kier molecular flexibility index (Phi) is 6.15. The quantitative estimate of drug-likeness (QED) is 0.196. The molecule has 0 aliphatic carbocycles. The minimum absolute atomic E-state index is 0.646. The first-order chi connectivity index (χ1) is 24.3. The van der Waals surface area contributed by atoms with Crippen LogP contribution in [0.15, 0.2) is 170 Å². The molecule has 0 atom stereocenters. The number of hydrogen-bond acceptors (Lipinski definition) is 3. The van der Waals surface area contributed by atoms with E-state index in [2.05, 4.69) is 144 Å². The summed E-state index contributed by atoms with van der Waals surface area (Å²) in [4.78, 5) is 15.1. The van der Waals surface area contributed by atoms with E-state index in [9.17, 15) is 0 Å². The third kappa shape index (κ3) is 4.57. The van der Waals surface area contributed by atoms with Crippen molar-refractivity contribution in [3.8, 4) is 39.9 Å². The van der Waals surface area contributed by atoms with Crippen LogP contribution in [0.1, 0.15) is 0 Å². The number of hydrogen-bond donors (Lipinski definition) is 0. The van der Waals surface area contributed by atoms with Gasteiger partial charge in [-0.05, 0) is 63.3 Å². The maximum absolute atomic E-state index is 5.07. The van der Waals surface area contributed by atoms with Crippen LogP contribution in [0, 0.1) is 0 Å². The Morgan fingerprint density at radius 3 is 1.65 bits per heavy atom. The van der Waals surface area contributed by atoms with Crippen LogP contribution < -0.4 is 0 Å². The van der Waals surface area contributed by atoms with E-state index in [4.69, 9.17) is 15.0 Å². The third-order valence-electron chi connectivity index (χ3n) is 9.57. The van der Waals surface area contributed by atoms with Crippen LogP contribution in [0.4, 0.5) is 0 Å². The number of para-hydroxylation sites is 1. The summed E-state index contributed by atoms with van der Waals surface area (Å²) in [7, 11) is 0. The van der Waals surface area contributed by atoms with Crippen molar-refractivity contribution in [1.82, 2.24) is 19.5 Å². The normalized spacial score (nSPS) is 11.7. The molecule has 2 heterocycles. The van der Waals surface area contributed by atoms with Gasteiger partial charge in [0.25, 0.3) is 0 Å². The molecule has 0 saturated carbocycles. The monoisotopic (exact) mass is 624 g/mol. The van der Waals surface area contributed by atoms with Gasteiger partial charge >= 0.3 is 0 Å². The lowest BCUT2D eigenvalue weighted by molar-refractivity contribution is 1.07. The van der Waals surface area contributed by atoms with E-state index >= 15 is 0 Å². The molecular weight excluding hydrogens is 597 g/mol. The standard InChI is InChI=1S/C45H28N4/c1-2-12-30(13-3-1)43-46-44(35-22-21-29-11-4-5-14-31(29)25-35)48-45(47-43)36-23-24-37-34(26-36)17-10-20-40(37)49-41-19-9-8-18-38(41)39-27-32-15-6-7-16-33(32)28-42(39)49/h1-28H. The van der Waals surface area contributed by atoms with Gasteiger partial charge in [0.2, 0.25) is 0 Å². The molecule has 228 valence electrons. The predicted molar refractivity (Wildman–Crippen MR) is 203 cm³/mol. The minimum atomic E-state index is 0.646. The summed E-state index contributed by atoms with van der Waals surface area (Å²) in [6.07, 6.45) is 0. The molecule has 0 unspecified atom stereocenters. The van der Waals surface area contributed by atoms with E-state index in [0.717, 1.165) is 38.5 Å². The number of benzene rings is 8. The maximum atomic E-state index is 5.07. The molecule has 2 aromatic heterocycles. The molecule has 10 rings (SSSR count). The van der Waals surface area contributed by atoms with E-state index in [1.165, 1.54) is 38.0 Å².